The highest BCUT2D eigenvalue weighted by atomic mass is 16.6. The van der Waals surface area contributed by atoms with Gasteiger partial charge in [0.1, 0.15) is 12.1 Å². The maximum Gasteiger partial charge on any atom is 0.513 e. The minimum absolute atomic E-state index is 0.00880. The molecule has 0 unspecified atom stereocenters. The molecule has 0 aliphatic carbocycles. The summed E-state index contributed by atoms with van der Waals surface area (Å²) in [6.45, 7) is 5.12. The second-order valence-corrected chi connectivity index (χ2v) is 5.35. The number of carboxylic acid groups (broad SMARTS) is 1. The number of rotatable bonds is 4. The maximum absolute atomic E-state index is 11.5. The Bertz CT molecular complexity index is 577. The number of hydrogen-bond donors (Lipinski definition) is 2. The molecule has 0 radical (unpaired) electrons. The third-order valence-electron chi connectivity index (χ3n) is 2.42. The third kappa shape index (κ3) is 5.19. The van der Waals surface area contributed by atoms with Gasteiger partial charge in [-0.25, -0.2) is 10.1 Å². The lowest BCUT2D eigenvalue weighted by atomic mass is 10.1. The van der Waals surface area contributed by atoms with E-state index < -0.39 is 22.6 Å². The van der Waals surface area contributed by atoms with Crippen LogP contribution in [0.4, 0.5) is 10.5 Å². The fourth-order valence-electron chi connectivity index (χ4n) is 1.58. The Kier molecular flexibility index (Phi) is 4.98. The highest BCUT2D eigenvalue weighted by molar-refractivity contribution is 5.88. The van der Waals surface area contributed by atoms with Gasteiger partial charge in [-0.3, -0.25) is 10.1 Å². The first-order valence-electron chi connectivity index (χ1n) is 6.17. The Balaban J connectivity index is 2.86. The minimum Gasteiger partial charge on any atom is -0.478 e. The molecule has 0 saturated heterocycles. The topological polar surface area (TPSA) is 123 Å². The standard InChI is InChI=1S/C13H16N2O6/c1-13(2,3)21-12(18)14-7-9-5-4-8(11(16)17)6-10(9)15(19)20/h4-6H,7H2,1-3H3,(H,14,18)(H,16,17)/p+1. The van der Waals surface area contributed by atoms with Gasteiger partial charge in [0.2, 0.25) is 0 Å². The average Bonchev–Trinajstić information content (AvgIpc) is 2.33. The van der Waals surface area contributed by atoms with Gasteiger partial charge in [0.05, 0.1) is 16.1 Å². The van der Waals surface area contributed by atoms with Crippen LogP contribution in [-0.2, 0) is 11.3 Å². The Morgan fingerprint density at radius 2 is 2.00 bits per heavy atom. The summed E-state index contributed by atoms with van der Waals surface area (Å²) in [5.41, 5.74) is -0.916. The van der Waals surface area contributed by atoms with E-state index in [9.17, 15) is 19.7 Å². The van der Waals surface area contributed by atoms with Gasteiger partial charge in [0, 0.05) is 6.07 Å². The molecule has 114 valence electrons. The Morgan fingerprint density at radius 3 is 2.48 bits per heavy atom. The molecule has 1 aromatic carbocycles. The van der Waals surface area contributed by atoms with Crippen LogP contribution < -0.4 is 5.32 Å². The summed E-state index contributed by atoms with van der Waals surface area (Å²) >= 11 is 0. The zero-order valence-corrected chi connectivity index (χ0v) is 12.0. The zero-order chi connectivity index (χ0) is 16.2. The summed E-state index contributed by atoms with van der Waals surface area (Å²) in [6, 6.07) is 3.55. The van der Waals surface area contributed by atoms with Gasteiger partial charge >= 0.3 is 12.1 Å². The molecule has 0 spiro atoms. The van der Waals surface area contributed by atoms with Crippen LogP contribution in [0.5, 0.6) is 0 Å². The molecule has 0 aliphatic heterocycles. The number of nitrogens with two attached hydrogens (primary N) is 1. The van der Waals surface area contributed by atoms with E-state index in [1.807, 2.05) is 0 Å². The predicted octanol–water partition coefficient (Wildman–Crippen LogP) is 1.29. The Labute approximate surface area is 120 Å². The van der Waals surface area contributed by atoms with Crippen molar-refractivity contribution in [3.8, 4) is 0 Å². The van der Waals surface area contributed by atoms with E-state index in [2.05, 4.69) is 0 Å². The van der Waals surface area contributed by atoms with E-state index in [0.717, 1.165) is 6.07 Å². The van der Waals surface area contributed by atoms with Crippen LogP contribution in [0, 0.1) is 10.1 Å². The number of hydrogen-bond acceptors (Lipinski definition) is 5. The van der Waals surface area contributed by atoms with E-state index in [-0.39, 0.29) is 23.4 Å². The maximum atomic E-state index is 11.5. The molecule has 0 saturated carbocycles. The first-order chi connectivity index (χ1) is 9.60. The smallest absolute Gasteiger partial charge is 0.478 e. The molecular weight excluding hydrogens is 280 g/mol. The number of quaternary nitrogens is 1. The van der Waals surface area contributed by atoms with Crippen LogP contribution in [0.1, 0.15) is 36.7 Å². The van der Waals surface area contributed by atoms with Gasteiger partial charge < -0.3 is 9.84 Å². The van der Waals surface area contributed by atoms with Gasteiger partial charge in [0.25, 0.3) is 5.69 Å². The fraction of sp³-hybridized carbons (Fsp3) is 0.385. The van der Waals surface area contributed by atoms with Crippen LogP contribution in [-0.4, -0.2) is 27.7 Å². The summed E-state index contributed by atoms with van der Waals surface area (Å²) in [7, 11) is 0. The van der Waals surface area contributed by atoms with Gasteiger partial charge in [-0.15, -0.1) is 0 Å². The minimum atomic E-state index is -1.25. The number of nitro benzene ring substituents is 1. The quantitative estimate of drug-likeness (QED) is 0.637. The van der Waals surface area contributed by atoms with Gasteiger partial charge in [0.15, 0.2) is 0 Å². The van der Waals surface area contributed by atoms with Crippen molar-refractivity contribution in [2.24, 2.45) is 0 Å². The van der Waals surface area contributed by atoms with E-state index in [0.29, 0.717) is 0 Å². The number of carboxylic acids is 1. The monoisotopic (exact) mass is 297 g/mol. The first-order valence-corrected chi connectivity index (χ1v) is 6.17. The number of amides is 1. The molecule has 0 aliphatic rings. The molecule has 8 heteroatoms. The van der Waals surface area contributed by atoms with Crippen LogP contribution in [0.25, 0.3) is 0 Å². The van der Waals surface area contributed by atoms with Crippen molar-refractivity contribution < 1.29 is 29.7 Å². The molecule has 0 fully saturated rings. The number of nitro groups is 1. The number of carbonyl (C=O) groups excluding carboxylic acids is 1. The van der Waals surface area contributed by atoms with Crippen molar-refractivity contribution in [3.05, 3.63) is 39.4 Å². The van der Waals surface area contributed by atoms with Gasteiger partial charge in [-0.1, -0.05) is 0 Å². The van der Waals surface area contributed by atoms with Crippen LogP contribution in [0.3, 0.4) is 0 Å². The highest BCUT2D eigenvalue weighted by Gasteiger charge is 2.22. The molecule has 0 heterocycles. The summed E-state index contributed by atoms with van der Waals surface area (Å²) < 4.78 is 5.06. The SMILES string of the molecule is CC(C)(C)OC(=O)[NH2+]Cc1ccc(C(=O)O)cc1[N+](=O)[O-]. The van der Waals surface area contributed by atoms with Crippen LogP contribution >= 0.6 is 0 Å². The molecule has 8 nitrogen and oxygen atoms in total. The molecule has 0 bridgehead atoms. The van der Waals surface area contributed by atoms with E-state index in [1.165, 1.54) is 17.4 Å². The number of ether oxygens (including phenoxy) is 1. The molecule has 1 amide bonds. The Hall–Kier alpha value is -2.48. The molecule has 1 aromatic rings. The number of aromatic carboxylic acids is 1. The first kappa shape index (κ1) is 16.6. The van der Waals surface area contributed by atoms with Crippen LogP contribution in [0.2, 0.25) is 0 Å². The van der Waals surface area contributed by atoms with Crippen molar-refractivity contribution in [2.45, 2.75) is 32.9 Å². The number of nitrogens with zero attached hydrogens (tertiary/aromatic N) is 1. The predicted molar refractivity (Wildman–Crippen MR) is 71.9 cm³/mol. The molecule has 3 N–H and O–H groups in total. The third-order valence-corrected chi connectivity index (χ3v) is 2.42. The lowest BCUT2D eigenvalue weighted by Gasteiger charge is -2.17. The molecule has 21 heavy (non-hydrogen) atoms. The lowest BCUT2D eigenvalue weighted by molar-refractivity contribution is -0.589. The Morgan fingerprint density at radius 1 is 1.38 bits per heavy atom. The normalized spacial score (nSPS) is 11.0. The van der Waals surface area contributed by atoms with Crippen LogP contribution in [0.15, 0.2) is 18.2 Å². The zero-order valence-electron chi connectivity index (χ0n) is 12.0. The molecule has 0 atom stereocenters. The highest BCUT2D eigenvalue weighted by Crippen LogP contribution is 2.19. The van der Waals surface area contributed by atoms with Crippen molar-refractivity contribution in [1.82, 2.24) is 0 Å². The van der Waals surface area contributed by atoms with Crippen molar-refractivity contribution in [2.75, 3.05) is 0 Å². The summed E-state index contributed by atoms with van der Waals surface area (Å²) in [6.07, 6.45) is -0.584. The number of benzene rings is 1. The average molecular weight is 297 g/mol. The van der Waals surface area contributed by atoms with E-state index >= 15 is 0 Å². The van der Waals surface area contributed by atoms with Crippen molar-refractivity contribution >= 4 is 17.7 Å². The van der Waals surface area contributed by atoms with Crippen molar-refractivity contribution in [1.29, 1.82) is 0 Å². The second kappa shape index (κ2) is 6.31. The fourth-order valence-corrected chi connectivity index (χ4v) is 1.58. The van der Waals surface area contributed by atoms with Crippen molar-refractivity contribution in [3.63, 3.8) is 0 Å². The number of primary amides is 1. The van der Waals surface area contributed by atoms with E-state index in [1.54, 1.807) is 20.8 Å². The number of carbonyl (C=O) groups is 2. The summed E-state index contributed by atoms with van der Waals surface area (Å²) in [5, 5.41) is 21.0. The second-order valence-electron chi connectivity index (χ2n) is 5.35. The van der Waals surface area contributed by atoms with E-state index in [4.69, 9.17) is 9.84 Å². The summed E-state index contributed by atoms with van der Waals surface area (Å²) in [4.78, 5) is 32.6. The summed E-state index contributed by atoms with van der Waals surface area (Å²) in [5.74, 6) is -1.25. The molecular formula is C13H17N2O6+. The molecule has 1 rings (SSSR count). The van der Waals surface area contributed by atoms with Gasteiger partial charge in [-0.2, -0.15) is 4.79 Å². The van der Waals surface area contributed by atoms with Gasteiger partial charge in [-0.05, 0) is 32.9 Å². The lowest BCUT2D eigenvalue weighted by Crippen LogP contribution is -2.87. The largest absolute Gasteiger partial charge is 0.513 e. The molecule has 0 aromatic heterocycles.